The Hall–Kier alpha value is -3.65. The molecule has 0 atom stereocenters. The monoisotopic (exact) mass is 490 g/mol. The van der Waals surface area contributed by atoms with Crippen molar-refractivity contribution in [1.82, 2.24) is 19.6 Å². The number of urea groups is 1. The molecule has 2 N–H and O–H groups in total. The summed E-state index contributed by atoms with van der Waals surface area (Å²) in [6.45, 7) is 11.2. The smallest absolute Gasteiger partial charge is 0.314 e. The minimum Gasteiger partial charge on any atom is -0.314 e. The Morgan fingerprint density at radius 2 is 1.67 bits per heavy atom. The highest BCUT2D eigenvalue weighted by Crippen LogP contribution is 2.27. The molecule has 8 heteroatoms. The molecule has 3 amide bonds. The molecule has 0 fully saturated rings. The van der Waals surface area contributed by atoms with Crippen molar-refractivity contribution in [3.63, 3.8) is 0 Å². The first kappa shape index (κ1) is 26.9. The van der Waals surface area contributed by atoms with Gasteiger partial charge in [0.25, 0.3) is 0 Å². The summed E-state index contributed by atoms with van der Waals surface area (Å²) >= 11 is 0. The molecule has 1 heterocycles. The maximum Gasteiger partial charge on any atom is 0.322 e. The molecule has 3 aromatic rings. The molecular formula is C28H38N6O2. The van der Waals surface area contributed by atoms with E-state index in [2.05, 4.69) is 31.4 Å². The second-order valence-corrected chi connectivity index (χ2v) is 10.4. The van der Waals surface area contributed by atoms with Gasteiger partial charge < -0.3 is 20.4 Å². The van der Waals surface area contributed by atoms with Crippen molar-refractivity contribution in [2.45, 2.75) is 40.0 Å². The molecule has 0 radical (unpaired) electrons. The van der Waals surface area contributed by atoms with Gasteiger partial charge in [0.1, 0.15) is 12.4 Å². The van der Waals surface area contributed by atoms with Crippen LogP contribution >= 0.6 is 0 Å². The van der Waals surface area contributed by atoms with E-state index in [-0.39, 0.29) is 23.9 Å². The third kappa shape index (κ3) is 7.18. The fourth-order valence-corrected chi connectivity index (χ4v) is 3.68. The molecule has 0 aliphatic rings. The van der Waals surface area contributed by atoms with Crippen molar-refractivity contribution in [2.75, 3.05) is 44.4 Å². The lowest BCUT2D eigenvalue weighted by molar-refractivity contribution is -0.116. The number of aromatic nitrogens is 2. The first-order chi connectivity index (χ1) is 16.9. The highest BCUT2D eigenvalue weighted by Gasteiger charge is 2.23. The van der Waals surface area contributed by atoms with E-state index < -0.39 is 0 Å². The molecular weight excluding hydrogens is 452 g/mol. The van der Waals surface area contributed by atoms with Crippen LogP contribution < -0.4 is 10.6 Å². The van der Waals surface area contributed by atoms with Gasteiger partial charge in [0.05, 0.1) is 11.4 Å². The summed E-state index contributed by atoms with van der Waals surface area (Å²) in [6.07, 6.45) is 0. The number of likely N-dealkylation sites (N-methyl/N-ethyl adjacent to an activating group) is 1. The van der Waals surface area contributed by atoms with E-state index >= 15 is 0 Å². The van der Waals surface area contributed by atoms with Crippen molar-refractivity contribution in [3.05, 3.63) is 71.4 Å². The minimum atomic E-state index is -0.319. The Morgan fingerprint density at radius 3 is 2.31 bits per heavy atom. The predicted molar refractivity (Wildman–Crippen MR) is 146 cm³/mol. The molecule has 0 saturated heterocycles. The largest absolute Gasteiger partial charge is 0.322 e. The zero-order chi connectivity index (χ0) is 26.5. The van der Waals surface area contributed by atoms with Crippen molar-refractivity contribution < 1.29 is 9.59 Å². The van der Waals surface area contributed by atoms with Crippen LogP contribution in [0.2, 0.25) is 0 Å². The number of amides is 3. The molecule has 36 heavy (non-hydrogen) atoms. The number of hydrogen-bond donors (Lipinski definition) is 2. The van der Waals surface area contributed by atoms with E-state index in [9.17, 15) is 9.59 Å². The average Bonchev–Trinajstić information content (AvgIpc) is 3.20. The van der Waals surface area contributed by atoms with E-state index in [0.29, 0.717) is 24.6 Å². The van der Waals surface area contributed by atoms with Crippen molar-refractivity contribution in [1.29, 1.82) is 0 Å². The summed E-state index contributed by atoms with van der Waals surface area (Å²) in [5, 5.41) is 10.7. The van der Waals surface area contributed by atoms with Gasteiger partial charge in [-0.15, -0.1) is 0 Å². The molecule has 0 bridgehead atoms. The number of hydrogen-bond acceptors (Lipinski definition) is 4. The number of anilines is 2. The Balaban J connectivity index is 1.83. The molecule has 0 aliphatic heterocycles. The lowest BCUT2D eigenvalue weighted by atomic mass is 9.92. The summed E-state index contributed by atoms with van der Waals surface area (Å²) < 4.78 is 1.77. The van der Waals surface area contributed by atoms with Crippen molar-refractivity contribution in [3.8, 4) is 5.69 Å². The number of carbonyl (C=O) groups is 2. The van der Waals surface area contributed by atoms with Crippen LogP contribution in [0.1, 0.15) is 37.6 Å². The van der Waals surface area contributed by atoms with Crippen LogP contribution in [0, 0.1) is 13.8 Å². The molecule has 3 rings (SSSR count). The summed E-state index contributed by atoms with van der Waals surface area (Å²) in [6, 6.07) is 17.1. The number of nitrogens with one attached hydrogen (secondary N) is 2. The number of rotatable bonds is 8. The van der Waals surface area contributed by atoms with E-state index in [1.165, 1.54) is 4.90 Å². The van der Waals surface area contributed by atoms with Crippen LogP contribution in [-0.4, -0.2) is 65.2 Å². The average molecular weight is 491 g/mol. The van der Waals surface area contributed by atoms with E-state index in [1.807, 2.05) is 87.4 Å². The first-order valence-electron chi connectivity index (χ1n) is 12.2. The molecule has 0 aliphatic carbocycles. The molecule has 1 aromatic heterocycles. The fourth-order valence-electron chi connectivity index (χ4n) is 3.68. The minimum absolute atomic E-state index is 0.0880. The van der Waals surface area contributed by atoms with Gasteiger partial charge in [0.2, 0.25) is 5.91 Å². The molecule has 0 saturated carbocycles. The quantitative estimate of drug-likeness (QED) is 0.474. The number of benzene rings is 2. The predicted octanol–water partition coefficient (Wildman–Crippen LogP) is 4.82. The molecule has 192 valence electrons. The normalized spacial score (nSPS) is 11.4. The van der Waals surface area contributed by atoms with Crippen molar-refractivity contribution >= 4 is 23.4 Å². The fraction of sp³-hybridized carbons (Fsp3) is 0.393. The van der Waals surface area contributed by atoms with Gasteiger partial charge in [-0.1, -0.05) is 51.1 Å². The highest BCUT2D eigenvalue weighted by molar-refractivity contribution is 5.96. The van der Waals surface area contributed by atoms with Crippen LogP contribution in [-0.2, 0) is 10.2 Å². The lowest BCUT2D eigenvalue weighted by Gasteiger charge is -2.24. The van der Waals surface area contributed by atoms with Gasteiger partial charge in [-0.25, -0.2) is 9.48 Å². The lowest BCUT2D eigenvalue weighted by Crippen LogP contribution is -2.43. The van der Waals surface area contributed by atoms with Gasteiger partial charge in [-0.3, -0.25) is 4.79 Å². The van der Waals surface area contributed by atoms with E-state index in [1.54, 1.807) is 4.68 Å². The molecule has 2 aromatic carbocycles. The van der Waals surface area contributed by atoms with Gasteiger partial charge >= 0.3 is 6.03 Å². The van der Waals surface area contributed by atoms with Gasteiger partial charge in [-0.05, 0) is 57.3 Å². The number of nitrogens with zero attached hydrogens (tertiary/aromatic N) is 4. The second kappa shape index (κ2) is 11.4. The van der Waals surface area contributed by atoms with Crippen molar-refractivity contribution in [2.24, 2.45) is 0 Å². The standard InChI is InChI=1S/C28H38N6O2/c1-20-11-10-13-22(17-20)29-27(36)33(16-15-32(6)7)19-26(35)30-25-18-24(28(3,4)5)31-34(25)23-14-9-8-12-21(23)2/h8-14,17-18H,15-16,19H2,1-7H3,(H,29,36)(H,30,35). The number of carbonyl (C=O) groups excluding carboxylic acids is 2. The van der Waals surface area contributed by atoms with Crippen LogP contribution in [0.3, 0.4) is 0 Å². The topological polar surface area (TPSA) is 82.5 Å². The van der Waals surface area contributed by atoms with Crippen LogP contribution in [0.5, 0.6) is 0 Å². The summed E-state index contributed by atoms with van der Waals surface area (Å²) in [7, 11) is 3.87. The third-order valence-corrected chi connectivity index (χ3v) is 5.80. The summed E-state index contributed by atoms with van der Waals surface area (Å²) in [4.78, 5) is 29.8. The Morgan fingerprint density at radius 1 is 0.944 bits per heavy atom. The third-order valence-electron chi connectivity index (χ3n) is 5.80. The number of aryl methyl sites for hydroxylation is 2. The van der Waals surface area contributed by atoms with E-state index in [0.717, 1.165) is 22.5 Å². The summed E-state index contributed by atoms with van der Waals surface area (Å²) in [5.41, 5.74) is 4.35. The zero-order valence-corrected chi connectivity index (χ0v) is 22.4. The van der Waals surface area contributed by atoms with Crippen LogP contribution in [0.15, 0.2) is 54.6 Å². The van der Waals surface area contributed by atoms with Gasteiger partial charge in [0.15, 0.2) is 0 Å². The maximum atomic E-state index is 13.2. The summed E-state index contributed by atoms with van der Waals surface area (Å²) in [5.74, 6) is 0.286. The highest BCUT2D eigenvalue weighted by atomic mass is 16.2. The van der Waals surface area contributed by atoms with Gasteiger partial charge in [-0.2, -0.15) is 5.10 Å². The Bertz CT molecular complexity index is 1210. The zero-order valence-electron chi connectivity index (χ0n) is 22.4. The molecule has 8 nitrogen and oxygen atoms in total. The second-order valence-electron chi connectivity index (χ2n) is 10.4. The maximum absolute atomic E-state index is 13.2. The molecule has 0 unspecified atom stereocenters. The molecule has 0 spiro atoms. The Labute approximate surface area is 214 Å². The Kier molecular flexibility index (Phi) is 8.53. The SMILES string of the molecule is Cc1cccc(NC(=O)N(CCN(C)C)CC(=O)Nc2cc(C(C)(C)C)nn2-c2ccccc2C)c1. The van der Waals surface area contributed by atoms with Crippen LogP contribution in [0.4, 0.5) is 16.3 Å². The van der Waals surface area contributed by atoms with E-state index in [4.69, 9.17) is 5.10 Å². The van der Waals surface area contributed by atoms with Crippen LogP contribution in [0.25, 0.3) is 5.69 Å². The number of para-hydroxylation sites is 1. The van der Waals surface area contributed by atoms with Gasteiger partial charge in [0, 0.05) is 30.3 Å². The first-order valence-corrected chi connectivity index (χ1v) is 12.2.